The summed E-state index contributed by atoms with van der Waals surface area (Å²) in [5.41, 5.74) is 4.07. The highest BCUT2D eigenvalue weighted by Gasteiger charge is 2.32. The molecule has 2 aliphatic heterocycles. The van der Waals surface area contributed by atoms with Gasteiger partial charge in [0.1, 0.15) is 24.1 Å². The maximum Gasteiger partial charge on any atom is 0.268 e. The second kappa shape index (κ2) is 7.55. The van der Waals surface area contributed by atoms with E-state index in [2.05, 4.69) is 15.8 Å². The third kappa shape index (κ3) is 3.75. The fraction of sp³-hybridized carbons (Fsp3) is 0.500. The number of para-hydroxylation sites is 2. The molecule has 2 amide bonds. The molecule has 1 unspecified atom stereocenters. The number of hydrazone groups is 1. The van der Waals surface area contributed by atoms with Gasteiger partial charge in [0, 0.05) is 19.5 Å². The molecule has 3 rings (SSSR count). The van der Waals surface area contributed by atoms with Crippen LogP contribution < -0.4 is 20.4 Å². The number of hydrogen-bond acceptors (Lipinski definition) is 5. The van der Waals surface area contributed by atoms with Crippen LogP contribution in [0.1, 0.15) is 26.2 Å². The maximum absolute atomic E-state index is 12.7. The Labute approximate surface area is 147 Å². The zero-order chi connectivity index (χ0) is 17.8. The number of likely N-dealkylation sites (N-methyl/N-ethyl adjacent to an activating group) is 1. The average Bonchev–Trinajstić information content (AvgIpc) is 2.71. The molecular weight excluding hydrogens is 320 g/mol. The van der Waals surface area contributed by atoms with Crippen molar-refractivity contribution >= 4 is 23.2 Å². The summed E-state index contributed by atoms with van der Waals surface area (Å²) < 4.78 is 5.73. The molecule has 0 radical (unpaired) electrons. The van der Waals surface area contributed by atoms with Crippen molar-refractivity contribution in [2.75, 3.05) is 25.1 Å². The van der Waals surface area contributed by atoms with E-state index in [9.17, 15) is 9.59 Å². The molecule has 2 atom stereocenters. The molecule has 7 nitrogen and oxygen atoms in total. The highest BCUT2D eigenvalue weighted by atomic mass is 16.5. The van der Waals surface area contributed by atoms with Crippen molar-refractivity contribution in [3.05, 3.63) is 24.3 Å². The SMILES string of the molecule is CC1CCCCNN=C1C(=O)N[C@H]1COc2ccccc2N(C)C1=O. The third-order valence-corrected chi connectivity index (χ3v) is 4.64. The van der Waals surface area contributed by atoms with Gasteiger partial charge < -0.3 is 20.4 Å². The monoisotopic (exact) mass is 344 g/mol. The number of fused-ring (bicyclic) bond motifs is 1. The van der Waals surface area contributed by atoms with Gasteiger partial charge in [-0.1, -0.05) is 25.5 Å². The van der Waals surface area contributed by atoms with Crippen LogP contribution in [0, 0.1) is 5.92 Å². The normalized spacial score (nSPS) is 23.8. The van der Waals surface area contributed by atoms with Crippen molar-refractivity contribution in [2.45, 2.75) is 32.2 Å². The number of carbonyl (C=O) groups is 2. The van der Waals surface area contributed by atoms with Crippen LogP contribution in [0.15, 0.2) is 29.4 Å². The number of amides is 2. The average molecular weight is 344 g/mol. The Bertz CT molecular complexity index is 689. The van der Waals surface area contributed by atoms with E-state index in [1.165, 1.54) is 4.90 Å². The lowest BCUT2D eigenvalue weighted by molar-refractivity contribution is -0.125. The molecule has 1 aromatic rings. The van der Waals surface area contributed by atoms with Crippen molar-refractivity contribution in [1.82, 2.24) is 10.7 Å². The molecule has 7 heteroatoms. The Kier molecular flexibility index (Phi) is 5.21. The molecule has 0 fully saturated rings. The number of rotatable bonds is 2. The molecule has 0 saturated heterocycles. The Morgan fingerprint density at radius 2 is 2.16 bits per heavy atom. The number of carbonyl (C=O) groups excluding carboxylic acids is 2. The first-order valence-corrected chi connectivity index (χ1v) is 8.68. The molecule has 2 N–H and O–H groups in total. The summed E-state index contributed by atoms with van der Waals surface area (Å²) in [5, 5.41) is 7.02. The van der Waals surface area contributed by atoms with E-state index in [0.29, 0.717) is 17.1 Å². The molecule has 25 heavy (non-hydrogen) atoms. The first kappa shape index (κ1) is 17.3. The summed E-state index contributed by atoms with van der Waals surface area (Å²) in [6.45, 7) is 2.84. The number of ether oxygens (including phenoxy) is 1. The van der Waals surface area contributed by atoms with Crippen LogP contribution in [0.2, 0.25) is 0 Å². The number of nitrogens with zero attached hydrogens (tertiary/aromatic N) is 2. The van der Waals surface area contributed by atoms with E-state index in [1.807, 2.05) is 31.2 Å². The molecule has 0 aromatic heterocycles. The molecule has 0 aliphatic carbocycles. The van der Waals surface area contributed by atoms with Crippen molar-refractivity contribution in [1.29, 1.82) is 0 Å². The Hall–Kier alpha value is -2.57. The van der Waals surface area contributed by atoms with Crippen LogP contribution in [-0.4, -0.2) is 43.8 Å². The number of hydrogen-bond donors (Lipinski definition) is 2. The zero-order valence-corrected chi connectivity index (χ0v) is 14.6. The quantitative estimate of drug-likeness (QED) is 0.847. The van der Waals surface area contributed by atoms with Gasteiger partial charge in [-0.2, -0.15) is 5.10 Å². The van der Waals surface area contributed by atoms with Crippen LogP contribution in [0.4, 0.5) is 5.69 Å². The van der Waals surface area contributed by atoms with Gasteiger partial charge in [-0.05, 0) is 25.0 Å². The number of anilines is 1. The molecule has 0 saturated carbocycles. The first-order valence-electron chi connectivity index (χ1n) is 8.68. The summed E-state index contributed by atoms with van der Waals surface area (Å²) >= 11 is 0. The lowest BCUT2D eigenvalue weighted by Gasteiger charge is -2.22. The van der Waals surface area contributed by atoms with Gasteiger partial charge in [0.15, 0.2) is 0 Å². The van der Waals surface area contributed by atoms with E-state index in [-0.39, 0.29) is 24.3 Å². The fourth-order valence-electron chi connectivity index (χ4n) is 3.11. The predicted octanol–water partition coefficient (Wildman–Crippen LogP) is 1.29. The number of benzene rings is 1. The van der Waals surface area contributed by atoms with Crippen LogP contribution in [-0.2, 0) is 9.59 Å². The van der Waals surface area contributed by atoms with Gasteiger partial charge in [0.2, 0.25) is 0 Å². The minimum Gasteiger partial charge on any atom is -0.489 e. The largest absolute Gasteiger partial charge is 0.489 e. The smallest absolute Gasteiger partial charge is 0.268 e. The van der Waals surface area contributed by atoms with E-state index in [0.717, 1.165) is 25.8 Å². The Morgan fingerprint density at radius 1 is 1.36 bits per heavy atom. The van der Waals surface area contributed by atoms with Gasteiger partial charge >= 0.3 is 0 Å². The molecule has 2 aliphatic rings. The van der Waals surface area contributed by atoms with Crippen LogP contribution in [0.5, 0.6) is 5.75 Å². The second-order valence-electron chi connectivity index (χ2n) is 6.50. The molecule has 134 valence electrons. The van der Waals surface area contributed by atoms with Gasteiger partial charge in [-0.15, -0.1) is 0 Å². The van der Waals surface area contributed by atoms with Crippen molar-refractivity contribution < 1.29 is 14.3 Å². The standard InChI is InChI=1S/C18H24N4O3/c1-12-7-5-6-10-19-21-16(12)17(23)20-13-11-25-15-9-4-3-8-14(15)22(2)18(13)24/h3-4,8-9,12-13,19H,5-7,10-11H2,1-2H3,(H,20,23)/t12?,13-/m0/s1. The van der Waals surface area contributed by atoms with Crippen LogP contribution >= 0.6 is 0 Å². The highest BCUT2D eigenvalue weighted by Crippen LogP contribution is 2.29. The summed E-state index contributed by atoms with van der Waals surface area (Å²) in [4.78, 5) is 26.9. The summed E-state index contributed by atoms with van der Waals surface area (Å²) in [6.07, 6.45) is 3.00. The molecule has 2 heterocycles. The molecular formula is C18H24N4O3. The lowest BCUT2D eigenvalue weighted by Crippen LogP contribution is -2.52. The topological polar surface area (TPSA) is 83.0 Å². The summed E-state index contributed by atoms with van der Waals surface area (Å²) in [6, 6.07) is 6.59. The first-order chi connectivity index (χ1) is 12.1. The van der Waals surface area contributed by atoms with E-state index >= 15 is 0 Å². The number of nitrogens with one attached hydrogen (secondary N) is 2. The maximum atomic E-state index is 12.7. The second-order valence-corrected chi connectivity index (χ2v) is 6.50. The molecule has 0 bridgehead atoms. The molecule has 0 spiro atoms. The van der Waals surface area contributed by atoms with E-state index in [1.54, 1.807) is 7.05 Å². The zero-order valence-electron chi connectivity index (χ0n) is 14.6. The lowest BCUT2D eigenvalue weighted by atomic mass is 9.97. The fourth-order valence-corrected chi connectivity index (χ4v) is 3.11. The summed E-state index contributed by atoms with van der Waals surface area (Å²) in [7, 11) is 1.69. The Balaban J connectivity index is 1.74. The van der Waals surface area contributed by atoms with Gasteiger partial charge in [0.25, 0.3) is 11.8 Å². The minimum absolute atomic E-state index is 0.0459. The minimum atomic E-state index is -0.745. The van der Waals surface area contributed by atoms with Crippen molar-refractivity contribution in [3.8, 4) is 5.75 Å². The predicted molar refractivity (Wildman–Crippen MR) is 95.7 cm³/mol. The van der Waals surface area contributed by atoms with Crippen molar-refractivity contribution in [2.24, 2.45) is 11.0 Å². The third-order valence-electron chi connectivity index (χ3n) is 4.64. The van der Waals surface area contributed by atoms with Crippen LogP contribution in [0.25, 0.3) is 0 Å². The summed E-state index contributed by atoms with van der Waals surface area (Å²) in [5.74, 6) is 0.159. The van der Waals surface area contributed by atoms with Gasteiger partial charge in [-0.25, -0.2) is 0 Å². The van der Waals surface area contributed by atoms with Crippen molar-refractivity contribution in [3.63, 3.8) is 0 Å². The molecule has 1 aromatic carbocycles. The highest BCUT2D eigenvalue weighted by molar-refractivity contribution is 6.40. The van der Waals surface area contributed by atoms with E-state index in [4.69, 9.17) is 4.74 Å². The van der Waals surface area contributed by atoms with Gasteiger partial charge in [-0.3, -0.25) is 9.59 Å². The Morgan fingerprint density at radius 3 is 3.00 bits per heavy atom. The van der Waals surface area contributed by atoms with E-state index < -0.39 is 6.04 Å². The van der Waals surface area contributed by atoms with Crippen LogP contribution in [0.3, 0.4) is 0 Å². The van der Waals surface area contributed by atoms with Gasteiger partial charge in [0.05, 0.1) is 5.69 Å².